The molecule has 5 nitrogen and oxygen atoms in total. The maximum absolute atomic E-state index is 11.4. The minimum Gasteiger partial charge on any atom is -0.312 e. The molecule has 9 heteroatoms. The zero-order chi connectivity index (χ0) is 13.9. The van der Waals surface area contributed by atoms with E-state index in [0.29, 0.717) is 5.15 Å². The van der Waals surface area contributed by atoms with E-state index in [1.807, 2.05) is 6.07 Å². The van der Waals surface area contributed by atoms with Crippen molar-refractivity contribution >= 4 is 46.4 Å². The maximum Gasteiger partial charge on any atom is 0.209 e. The van der Waals surface area contributed by atoms with E-state index in [0.717, 1.165) is 31.4 Å². The van der Waals surface area contributed by atoms with E-state index in [-0.39, 0.29) is 36.9 Å². The van der Waals surface area contributed by atoms with Gasteiger partial charge in [0, 0.05) is 18.3 Å². The lowest BCUT2D eigenvalue weighted by molar-refractivity contribution is 0.329. The fourth-order valence-corrected chi connectivity index (χ4v) is 3.31. The molecule has 0 radical (unpaired) electrons. The second-order valence-corrected chi connectivity index (χ2v) is 7.06. The van der Waals surface area contributed by atoms with Crippen molar-refractivity contribution in [3.8, 4) is 0 Å². The van der Waals surface area contributed by atoms with Gasteiger partial charge in [0.1, 0.15) is 5.15 Å². The predicted molar refractivity (Wildman–Crippen MR) is 90.2 cm³/mol. The van der Waals surface area contributed by atoms with Crippen LogP contribution in [0, 0.1) is 0 Å². The molecule has 2 N–H and O–H groups in total. The molecule has 1 aliphatic heterocycles. The summed E-state index contributed by atoms with van der Waals surface area (Å²) >= 11 is 5.75. The first-order valence-corrected chi connectivity index (χ1v) is 8.52. The molecule has 2 unspecified atom stereocenters. The van der Waals surface area contributed by atoms with Crippen molar-refractivity contribution in [3.05, 3.63) is 29.0 Å². The molecule has 1 saturated heterocycles. The topological polar surface area (TPSA) is 71.1 Å². The van der Waals surface area contributed by atoms with Gasteiger partial charge in [-0.15, -0.1) is 24.8 Å². The smallest absolute Gasteiger partial charge is 0.209 e. The Morgan fingerprint density at radius 3 is 2.71 bits per heavy atom. The molecule has 0 saturated carbocycles. The summed E-state index contributed by atoms with van der Waals surface area (Å²) < 4.78 is 25.4. The zero-order valence-corrected chi connectivity index (χ0v) is 14.8. The van der Waals surface area contributed by atoms with Crippen LogP contribution in [0.3, 0.4) is 0 Å². The van der Waals surface area contributed by atoms with Crippen molar-refractivity contribution in [2.45, 2.75) is 31.3 Å². The van der Waals surface area contributed by atoms with E-state index in [1.165, 1.54) is 6.26 Å². The molecule has 2 rings (SSSR count). The van der Waals surface area contributed by atoms with Gasteiger partial charge in [-0.25, -0.2) is 18.1 Å². The number of nitrogens with zero attached hydrogens (tertiary/aromatic N) is 1. The van der Waals surface area contributed by atoms with E-state index < -0.39 is 10.0 Å². The van der Waals surface area contributed by atoms with Gasteiger partial charge in [-0.05, 0) is 37.4 Å². The Morgan fingerprint density at radius 1 is 1.43 bits per heavy atom. The third-order valence-electron chi connectivity index (χ3n) is 3.19. The highest BCUT2D eigenvalue weighted by Crippen LogP contribution is 2.15. The van der Waals surface area contributed by atoms with Gasteiger partial charge in [0.15, 0.2) is 0 Å². The summed E-state index contributed by atoms with van der Waals surface area (Å²) in [6.45, 7) is 0.910. The van der Waals surface area contributed by atoms with Crippen molar-refractivity contribution in [2.75, 3.05) is 12.8 Å². The van der Waals surface area contributed by atoms with E-state index in [1.54, 1.807) is 12.3 Å². The fraction of sp³-hybridized carbons (Fsp3) is 0.583. The van der Waals surface area contributed by atoms with Gasteiger partial charge in [-0.2, -0.15) is 0 Å². The number of nitrogens with one attached hydrogen (secondary N) is 2. The van der Waals surface area contributed by atoms with Crippen molar-refractivity contribution in [1.82, 2.24) is 15.0 Å². The Morgan fingerprint density at radius 2 is 2.14 bits per heavy atom. The molecule has 2 heterocycles. The number of hydrogen-bond donors (Lipinski definition) is 2. The Hall–Kier alpha value is -0.110. The predicted octanol–water partition coefficient (Wildman–Crippen LogP) is 1.79. The van der Waals surface area contributed by atoms with Gasteiger partial charge in [0.05, 0.1) is 6.26 Å². The van der Waals surface area contributed by atoms with E-state index >= 15 is 0 Å². The molecular weight excluding hydrogens is 357 g/mol. The molecule has 1 aromatic heterocycles. The van der Waals surface area contributed by atoms with Crippen molar-refractivity contribution in [1.29, 1.82) is 0 Å². The monoisotopic (exact) mass is 375 g/mol. The molecule has 1 aliphatic rings. The van der Waals surface area contributed by atoms with Crippen LogP contribution in [-0.4, -0.2) is 38.3 Å². The minimum atomic E-state index is -3.18. The third kappa shape index (κ3) is 7.13. The standard InChI is InChI=1S/C12H18ClN3O2S.2ClH/c1-19(17,18)16-10-3-2-6-14-11(10)7-9-4-5-12(13)15-8-9;;/h4-5,8,10-11,14,16H,2-3,6-7H2,1H3;2*1H. The summed E-state index contributed by atoms with van der Waals surface area (Å²) in [5, 5.41) is 3.83. The SMILES string of the molecule is CS(=O)(=O)NC1CCCNC1Cc1ccc(Cl)nc1.Cl.Cl. The first kappa shape index (κ1) is 20.9. The van der Waals surface area contributed by atoms with Gasteiger partial charge in [-0.3, -0.25) is 0 Å². The molecule has 0 aliphatic carbocycles. The molecule has 1 fully saturated rings. The molecule has 0 spiro atoms. The summed E-state index contributed by atoms with van der Waals surface area (Å²) in [5.74, 6) is 0. The van der Waals surface area contributed by atoms with Crippen LogP contribution in [0.25, 0.3) is 0 Å². The lowest BCUT2D eigenvalue weighted by Gasteiger charge is -2.32. The van der Waals surface area contributed by atoms with Gasteiger partial charge in [-0.1, -0.05) is 17.7 Å². The number of pyridine rings is 1. The molecule has 2 atom stereocenters. The summed E-state index contributed by atoms with van der Waals surface area (Å²) in [5.41, 5.74) is 1.05. The molecular formula is C12H20Cl3N3O2S. The van der Waals surface area contributed by atoms with Crippen LogP contribution < -0.4 is 10.0 Å². The highest BCUT2D eigenvalue weighted by atomic mass is 35.5. The largest absolute Gasteiger partial charge is 0.312 e. The van der Waals surface area contributed by atoms with Crippen LogP contribution in [0.1, 0.15) is 18.4 Å². The maximum atomic E-state index is 11.4. The second-order valence-electron chi connectivity index (χ2n) is 4.89. The van der Waals surface area contributed by atoms with Crippen molar-refractivity contribution < 1.29 is 8.42 Å². The first-order valence-electron chi connectivity index (χ1n) is 6.25. The normalized spacial score (nSPS) is 22.0. The number of piperidine rings is 1. The van der Waals surface area contributed by atoms with Crippen LogP contribution >= 0.6 is 36.4 Å². The van der Waals surface area contributed by atoms with Crippen LogP contribution in [0.5, 0.6) is 0 Å². The Balaban J connectivity index is 0.00000200. The van der Waals surface area contributed by atoms with Crippen LogP contribution in [0.15, 0.2) is 18.3 Å². The summed E-state index contributed by atoms with van der Waals surface area (Å²) in [6.07, 6.45) is 5.49. The number of aromatic nitrogens is 1. The Bertz CT molecular complexity index is 525. The summed E-state index contributed by atoms with van der Waals surface area (Å²) in [4.78, 5) is 4.04. The Labute approximate surface area is 143 Å². The van der Waals surface area contributed by atoms with Gasteiger partial charge in [0.25, 0.3) is 0 Å². The Kier molecular flexibility index (Phi) is 9.08. The van der Waals surface area contributed by atoms with Gasteiger partial charge >= 0.3 is 0 Å². The van der Waals surface area contributed by atoms with Crippen LogP contribution in [0.4, 0.5) is 0 Å². The van der Waals surface area contributed by atoms with Crippen LogP contribution in [-0.2, 0) is 16.4 Å². The van der Waals surface area contributed by atoms with Crippen molar-refractivity contribution in [2.24, 2.45) is 0 Å². The van der Waals surface area contributed by atoms with Crippen LogP contribution in [0.2, 0.25) is 5.15 Å². The highest BCUT2D eigenvalue weighted by molar-refractivity contribution is 7.88. The molecule has 1 aromatic rings. The van der Waals surface area contributed by atoms with Gasteiger partial charge in [0.2, 0.25) is 10.0 Å². The van der Waals surface area contributed by atoms with E-state index in [4.69, 9.17) is 11.6 Å². The minimum absolute atomic E-state index is 0. The lowest BCUT2D eigenvalue weighted by atomic mass is 9.94. The number of halogens is 3. The third-order valence-corrected chi connectivity index (χ3v) is 4.15. The molecule has 0 aromatic carbocycles. The zero-order valence-electron chi connectivity index (χ0n) is 11.6. The molecule has 21 heavy (non-hydrogen) atoms. The second kappa shape index (κ2) is 9.12. The fourth-order valence-electron chi connectivity index (χ4n) is 2.36. The first-order chi connectivity index (χ1) is 8.94. The van der Waals surface area contributed by atoms with E-state index in [9.17, 15) is 8.42 Å². The number of rotatable bonds is 4. The average molecular weight is 377 g/mol. The van der Waals surface area contributed by atoms with Crippen molar-refractivity contribution in [3.63, 3.8) is 0 Å². The lowest BCUT2D eigenvalue weighted by Crippen LogP contribution is -2.54. The summed E-state index contributed by atoms with van der Waals surface area (Å²) in [6, 6.07) is 3.69. The molecule has 0 bridgehead atoms. The quantitative estimate of drug-likeness (QED) is 0.786. The van der Waals surface area contributed by atoms with E-state index in [2.05, 4.69) is 15.0 Å². The van der Waals surface area contributed by atoms with Gasteiger partial charge < -0.3 is 5.32 Å². The summed E-state index contributed by atoms with van der Waals surface area (Å²) in [7, 11) is -3.18. The number of sulfonamides is 1. The average Bonchev–Trinajstić information content (AvgIpc) is 2.33. The molecule has 0 amide bonds. The highest BCUT2D eigenvalue weighted by Gasteiger charge is 2.27. The number of hydrogen-bond acceptors (Lipinski definition) is 4. The molecule has 122 valence electrons.